The molecule has 2 aliphatic heterocycles. The molecule has 0 bridgehead atoms. The van der Waals surface area contributed by atoms with Gasteiger partial charge in [0.1, 0.15) is 0 Å². The molecule has 2 heteroatoms. The van der Waals surface area contributed by atoms with E-state index in [0.717, 1.165) is 12.0 Å². The molecule has 110 valence electrons. The Morgan fingerprint density at radius 1 is 1.11 bits per heavy atom. The van der Waals surface area contributed by atoms with Crippen LogP contribution in [0.5, 0.6) is 0 Å². The van der Waals surface area contributed by atoms with Crippen molar-refractivity contribution in [2.45, 2.75) is 70.8 Å². The van der Waals surface area contributed by atoms with Crippen LogP contribution in [0.4, 0.5) is 0 Å². The minimum Gasteiger partial charge on any atom is -0.316 e. The third-order valence-electron chi connectivity index (χ3n) is 6.21. The highest BCUT2D eigenvalue weighted by Crippen LogP contribution is 2.39. The van der Waals surface area contributed by atoms with Gasteiger partial charge in [-0.1, -0.05) is 19.8 Å². The first-order valence-electron chi connectivity index (χ1n) is 8.78. The highest BCUT2D eigenvalue weighted by molar-refractivity contribution is 4.93. The monoisotopic (exact) mass is 264 g/mol. The minimum absolute atomic E-state index is 0.581. The molecular formula is C17H32N2. The third-order valence-corrected chi connectivity index (χ3v) is 6.21. The normalized spacial score (nSPS) is 40.9. The molecule has 1 unspecified atom stereocenters. The van der Waals surface area contributed by atoms with Crippen LogP contribution in [0.2, 0.25) is 0 Å². The maximum Gasteiger partial charge on any atom is 0.0124 e. The van der Waals surface area contributed by atoms with Gasteiger partial charge in [-0.2, -0.15) is 0 Å². The van der Waals surface area contributed by atoms with Crippen molar-refractivity contribution in [3.8, 4) is 0 Å². The van der Waals surface area contributed by atoms with E-state index in [0.29, 0.717) is 5.41 Å². The topological polar surface area (TPSA) is 15.3 Å². The lowest BCUT2D eigenvalue weighted by Gasteiger charge is -2.49. The first-order valence-corrected chi connectivity index (χ1v) is 8.78. The lowest BCUT2D eigenvalue weighted by Crippen LogP contribution is -2.54. The average Bonchev–Trinajstić information content (AvgIpc) is 2.49. The molecule has 19 heavy (non-hydrogen) atoms. The number of piperidine rings is 2. The fraction of sp³-hybridized carbons (Fsp3) is 1.00. The molecule has 3 rings (SSSR count). The van der Waals surface area contributed by atoms with Crippen molar-refractivity contribution in [3.63, 3.8) is 0 Å². The standard InChI is InChI=1S/C17H32N2/c1-2-17(10-6-11-18-13-17)14-19-12-5-8-15-7-3-4-9-16(15)19/h15-16,18H,2-14H2,1H3/t15-,16-,17?/m1/s1. The van der Waals surface area contributed by atoms with Crippen LogP contribution in [0.1, 0.15) is 64.7 Å². The lowest BCUT2D eigenvalue weighted by atomic mass is 9.74. The summed E-state index contributed by atoms with van der Waals surface area (Å²) in [4.78, 5) is 2.91. The number of hydrogen-bond donors (Lipinski definition) is 1. The van der Waals surface area contributed by atoms with E-state index in [4.69, 9.17) is 0 Å². The third kappa shape index (κ3) is 3.00. The second-order valence-corrected chi connectivity index (χ2v) is 7.36. The van der Waals surface area contributed by atoms with Crippen LogP contribution >= 0.6 is 0 Å². The molecule has 0 radical (unpaired) electrons. The van der Waals surface area contributed by atoms with Gasteiger partial charge in [0.15, 0.2) is 0 Å². The van der Waals surface area contributed by atoms with Gasteiger partial charge in [0, 0.05) is 19.1 Å². The molecule has 1 aliphatic carbocycles. The predicted octanol–water partition coefficient (Wildman–Crippen LogP) is 3.42. The van der Waals surface area contributed by atoms with Crippen molar-refractivity contribution >= 4 is 0 Å². The number of hydrogen-bond acceptors (Lipinski definition) is 2. The molecule has 0 aromatic rings. The maximum atomic E-state index is 3.66. The summed E-state index contributed by atoms with van der Waals surface area (Å²) < 4.78 is 0. The molecule has 3 aliphatic rings. The number of likely N-dealkylation sites (tertiary alicyclic amines) is 1. The van der Waals surface area contributed by atoms with Crippen molar-refractivity contribution in [2.24, 2.45) is 11.3 Å². The summed E-state index contributed by atoms with van der Waals surface area (Å²) in [6.07, 6.45) is 13.1. The van der Waals surface area contributed by atoms with E-state index < -0.39 is 0 Å². The number of nitrogens with zero attached hydrogens (tertiary/aromatic N) is 1. The van der Waals surface area contributed by atoms with Gasteiger partial charge in [-0.25, -0.2) is 0 Å². The van der Waals surface area contributed by atoms with Gasteiger partial charge in [-0.3, -0.25) is 4.90 Å². The predicted molar refractivity (Wildman–Crippen MR) is 81.4 cm³/mol. The molecule has 2 heterocycles. The van der Waals surface area contributed by atoms with E-state index in [-0.39, 0.29) is 0 Å². The first kappa shape index (κ1) is 13.9. The Hall–Kier alpha value is -0.0800. The van der Waals surface area contributed by atoms with Crippen LogP contribution in [0, 0.1) is 11.3 Å². The average molecular weight is 264 g/mol. The summed E-state index contributed by atoms with van der Waals surface area (Å²) in [6.45, 7) is 7.67. The van der Waals surface area contributed by atoms with E-state index >= 15 is 0 Å². The largest absolute Gasteiger partial charge is 0.316 e. The smallest absolute Gasteiger partial charge is 0.0124 e. The molecule has 0 aromatic carbocycles. The molecule has 2 nitrogen and oxygen atoms in total. The number of fused-ring (bicyclic) bond motifs is 1. The van der Waals surface area contributed by atoms with Gasteiger partial charge in [0.05, 0.1) is 0 Å². The van der Waals surface area contributed by atoms with Crippen molar-refractivity contribution in [1.82, 2.24) is 10.2 Å². The summed E-state index contributed by atoms with van der Waals surface area (Å²) in [5.74, 6) is 1.04. The number of rotatable bonds is 3. The van der Waals surface area contributed by atoms with Crippen molar-refractivity contribution in [2.75, 3.05) is 26.2 Å². The van der Waals surface area contributed by atoms with Gasteiger partial charge >= 0.3 is 0 Å². The molecule has 0 aromatic heterocycles. The Morgan fingerprint density at radius 3 is 2.74 bits per heavy atom. The molecule has 1 saturated carbocycles. The van der Waals surface area contributed by atoms with E-state index in [1.54, 1.807) is 0 Å². The molecule has 2 saturated heterocycles. The Labute approximate surface area is 119 Å². The van der Waals surface area contributed by atoms with E-state index in [1.165, 1.54) is 84.0 Å². The SMILES string of the molecule is CCC1(CN2CCC[C@H]3CCCC[C@H]32)CCCNC1. The fourth-order valence-corrected chi connectivity index (χ4v) is 4.93. The molecular weight excluding hydrogens is 232 g/mol. The summed E-state index contributed by atoms with van der Waals surface area (Å²) >= 11 is 0. The second-order valence-electron chi connectivity index (χ2n) is 7.36. The van der Waals surface area contributed by atoms with Gasteiger partial charge < -0.3 is 5.32 Å². The zero-order valence-corrected chi connectivity index (χ0v) is 12.8. The van der Waals surface area contributed by atoms with E-state index in [2.05, 4.69) is 17.1 Å². The zero-order chi connectivity index (χ0) is 13.1. The Kier molecular flexibility index (Phi) is 4.48. The van der Waals surface area contributed by atoms with Crippen LogP contribution in [-0.2, 0) is 0 Å². The molecule has 0 amide bonds. The molecule has 0 spiro atoms. The Morgan fingerprint density at radius 2 is 1.95 bits per heavy atom. The Balaban J connectivity index is 1.66. The van der Waals surface area contributed by atoms with Crippen LogP contribution in [-0.4, -0.2) is 37.1 Å². The molecule has 3 atom stereocenters. The molecule has 3 fully saturated rings. The van der Waals surface area contributed by atoms with Crippen molar-refractivity contribution in [1.29, 1.82) is 0 Å². The van der Waals surface area contributed by atoms with Gasteiger partial charge in [0.25, 0.3) is 0 Å². The van der Waals surface area contributed by atoms with E-state index in [9.17, 15) is 0 Å². The van der Waals surface area contributed by atoms with Crippen LogP contribution < -0.4 is 5.32 Å². The first-order chi connectivity index (χ1) is 9.33. The quantitative estimate of drug-likeness (QED) is 0.840. The second kappa shape index (κ2) is 6.13. The van der Waals surface area contributed by atoms with Crippen LogP contribution in [0.15, 0.2) is 0 Å². The minimum atomic E-state index is 0.581. The maximum absolute atomic E-state index is 3.66. The number of nitrogens with one attached hydrogen (secondary N) is 1. The van der Waals surface area contributed by atoms with Crippen LogP contribution in [0.3, 0.4) is 0 Å². The Bertz CT molecular complexity index is 281. The van der Waals surface area contributed by atoms with E-state index in [1.807, 2.05) is 0 Å². The van der Waals surface area contributed by atoms with Crippen molar-refractivity contribution in [3.05, 3.63) is 0 Å². The van der Waals surface area contributed by atoms with Gasteiger partial charge in [-0.05, 0) is 69.4 Å². The van der Waals surface area contributed by atoms with Gasteiger partial charge in [-0.15, -0.1) is 0 Å². The zero-order valence-electron chi connectivity index (χ0n) is 12.8. The van der Waals surface area contributed by atoms with Crippen molar-refractivity contribution < 1.29 is 0 Å². The van der Waals surface area contributed by atoms with Gasteiger partial charge in [0.2, 0.25) is 0 Å². The molecule has 1 N–H and O–H groups in total. The summed E-state index contributed by atoms with van der Waals surface area (Å²) in [7, 11) is 0. The fourth-order valence-electron chi connectivity index (χ4n) is 4.93. The summed E-state index contributed by atoms with van der Waals surface area (Å²) in [5, 5.41) is 3.66. The summed E-state index contributed by atoms with van der Waals surface area (Å²) in [5.41, 5.74) is 0.581. The highest BCUT2D eigenvalue weighted by Gasteiger charge is 2.38. The summed E-state index contributed by atoms with van der Waals surface area (Å²) in [6, 6.07) is 0.938. The van der Waals surface area contributed by atoms with Crippen LogP contribution in [0.25, 0.3) is 0 Å². The lowest BCUT2D eigenvalue weighted by molar-refractivity contribution is 0.0136. The highest BCUT2D eigenvalue weighted by atomic mass is 15.2.